The predicted octanol–water partition coefficient (Wildman–Crippen LogP) is 1.82. The number of thioether (sulfide) groups is 1. The van der Waals surface area contributed by atoms with E-state index in [1.807, 2.05) is 0 Å². The molecule has 0 saturated carbocycles. The summed E-state index contributed by atoms with van der Waals surface area (Å²) in [5.74, 6) is -0.677. The lowest BCUT2D eigenvalue weighted by atomic mass is 10.1. The van der Waals surface area contributed by atoms with Gasteiger partial charge in [-0.15, -0.1) is 0 Å². The van der Waals surface area contributed by atoms with Crippen LogP contribution in [-0.4, -0.2) is 22.6 Å². The van der Waals surface area contributed by atoms with E-state index in [1.54, 1.807) is 11.8 Å². The SMILES string of the molecule is O=C(O)C(F)=C1CCSCC1. The standard InChI is InChI=1S/C7H9FO2S/c8-6(7(9)10)5-1-3-11-4-2-5/h1-4H2,(H,9,10). The summed E-state index contributed by atoms with van der Waals surface area (Å²) in [4.78, 5) is 10.2. The van der Waals surface area contributed by atoms with Crippen LogP contribution in [0.5, 0.6) is 0 Å². The van der Waals surface area contributed by atoms with Crippen LogP contribution < -0.4 is 0 Å². The van der Waals surface area contributed by atoms with Crippen molar-refractivity contribution in [3.8, 4) is 0 Å². The molecule has 62 valence electrons. The summed E-state index contributed by atoms with van der Waals surface area (Å²) in [6, 6.07) is 0. The number of carboxylic acids is 1. The zero-order chi connectivity index (χ0) is 8.27. The molecule has 0 aliphatic carbocycles. The van der Waals surface area contributed by atoms with Gasteiger partial charge in [-0.25, -0.2) is 4.79 Å². The second kappa shape index (κ2) is 3.76. The third-order valence-corrected chi connectivity index (χ3v) is 2.58. The summed E-state index contributed by atoms with van der Waals surface area (Å²) in [6.07, 6.45) is 1.17. The first kappa shape index (κ1) is 8.59. The van der Waals surface area contributed by atoms with Crippen LogP contribution in [0.15, 0.2) is 11.4 Å². The Labute approximate surface area is 68.5 Å². The number of rotatable bonds is 1. The third kappa shape index (κ3) is 2.22. The van der Waals surface area contributed by atoms with Gasteiger partial charge < -0.3 is 5.11 Å². The maximum Gasteiger partial charge on any atom is 0.364 e. The Balaban J connectivity index is 2.68. The smallest absolute Gasteiger partial charge is 0.364 e. The molecule has 0 aromatic rings. The van der Waals surface area contributed by atoms with Gasteiger partial charge in [0.1, 0.15) is 0 Å². The molecule has 2 nitrogen and oxygen atoms in total. The van der Waals surface area contributed by atoms with Crippen molar-refractivity contribution >= 4 is 17.7 Å². The topological polar surface area (TPSA) is 37.3 Å². The van der Waals surface area contributed by atoms with Crippen LogP contribution in [0, 0.1) is 0 Å². The van der Waals surface area contributed by atoms with E-state index in [-0.39, 0.29) is 0 Å². The number of carboxylic acid groups (broad SMARTS) is 1. The Bertz CT molecular complexity index is 193. The largest absolute Gasteiger partial charge is 0.476 e. The number of carbonyl (C=O) groups is 1. The van der Waals surface area contributed by atoms with Crippen LogP contribution in [0.1, 0.15) is 12.8 Å². The minimum atomic E-state index is -1.42. The molecule has 1 saturated heterocycles. The van der Waals surface area contributed by atoms with E-state index in [9.17, 15) is 9.18 Å². The van der Waals surface area contributed by atoms with Crippen LogP contribution in [0.2, 0.25) is 0 Å². The van der Waals surface area contributed by atoms with Crippen LogP contribution >= 0.6 is 11.8 Å². The molecular formula is C7H9FO2S. The van der Waals surface area contributed by atoms with Crippen molar-refractivity contribution in [2.24, 2.45) is 0 Å². The molecule has 1 N–H and O–H groups in total. The first-order chi connectivity index (χ1) is 5.22. The van der Waals surface area contributed by atoms with Crippen molar-refractivity contribution in [3.05, 3.63) is 11.4 Å². The fourth-order valence-corrected chi connectivity index (χ4v) is 1.97. The van der Waals surface area contributed by atoms with Crippen molar-refractivity contribution in [2.45, 2.75) is 12.8 Å². The van der Waals surface area contributed by atoms with Gasteiger partial charge in [-0.05, 0) is 29.9 Å². The highest BCUT2D eigenvalue weighted by molar-refractivity contribution is 7.99. The highest BCUT2D eigenvalue weighted by Crippen LogP contribution is 2.25. The molecule has 1 aliphatic rings. The number of halogens is 1. The van der Waals surface area contributed by atoms with Crippen molar-refractivity contribution in [1.82, 2.24) is 0 Å². The molecular weight excluding hydrogens is 167 g/mol. The molecule has 0 unspecified atom stereocenters. The maximum atomic E-state index is 12.7. The Hall–Kier alpha value is -0.510. The van der Waals surface area contributed by atoms with E-state index in [0.29, 0.717) is 18.4 Å². The molecule has 0 atom stereocenters. The molecule has 1 fully saturated rings. The number of allylic oxidation sites excluding steroid dienone is 1. The van der Waals surface area contributed by atoms with E-state index >= 15 is 0 Å². The maximum absolute atomic E-state index is 12.7. The van der Waals surface area contributed by atoms with Gasteiger partial charge in [0.05, 0.1) is 0 Å². The van der Waals surface area contributed by atoms with Crippen LogP contribution in [0.3, 0.4) is 0 Å². The highest BCUT2D eigenvalue weighted by atomic mass is 32.2. The van der Waals surface area contributed by atoms with E-state index < -0.39 is 11.8 Å². The fraction of sp³-hybridized carbons (Fsp3) is 0.571. The molecule has 1 aliphatic heterocycles. The molecule has 0 amide bonds. The molecule has 1 heterocycles. The van der Waals surface area contributed by atoms with Gasteiger partial charge in [-0.1, -0.05) is 0 Å². The minimum absolute atomic E-state index is 0.469. The zero-order valence-corrected chi connectivity index (χ0v) is 6.79. The van der Waals surface area contributed by atoms with Gasteiger partial charge in [0.25, 0.3) is 0 Å². The molecule has 1 rings (SSSR count). The average molecular weight is 176 g/mol. The molecule has 0 aromatic carbocycles. The number of hydrogen-bond acceptors (Lipinski definition) is 2. The van der Waals surface area contributed by atoms with Crippen LogP contribution in [0.4, 0.5) is 4.39 Å². The number of aliphatic carboxylic acids is 1. The van der Waals surface area contributed by atoms with Gasteiger partial charge in [-0.3, -0.25) is 0 Å². The van der Waals surface area contributed by atoms with Crippen LogP contribution in [-0.2, 0) is 4.79 Å². The van der Waals surface area contributed by atoms with E-state index in [2.05, 4.69) is 0 Å². The minimum Gasteiger partial charge on any atom is -0.476 e. The molecule has 0 radical (unpaired) electrons. The molecule has 0 spiro atoms. The Kier molecular flexibility index (Phi) is 2.93. The summed E-state index contributed by atoms with van der Waals surface area (Å²) in [7, 11) is 0. The van der Waals surface area contributed by atoms with Crippen molar-refractivity contribution in [3.63, 3.8) is 0 Å². The normalized spacial score (nSPS) is 18.1. The van der Waals surface area contributed by atoms with Gasteiger partial charge in [0, 0.05) is 0 Å². The predicted molar refractivity (Wildman–Crippen MR) is 42.3 cm³/mol. The second-order valence-corrected chi connectivity index (χ2v) is 3.56. The monoisotopic (exact) mass is 176 g/mol. The molecule has 0 aromatic heterocycles. The quantitative estimate of drug-likeness (QED) is 0.619. The Morgan fingerprint density at radius 2 is 2.00 bits per heavy atom. The average Bonchev–Trinajstić information content (AvgIpc) is 2.05. The summed E-state index contributed by atoms with van der Waals surface area (Å²) in [5, 5.41) is 8.29. The van der Waals surface area contributed by atoms with E-state index in [0.717, 1.165) is 11.5 Å². The summed E-state index contributed by atoms with van der Waals surface area (Å²) < 4.78 is 12.7. The lowest BCUT2D eigenvalue weighted by Crippen LogP contribution is -2.05. The second-order valence-electron chi connectivity index (χ2n) is 2.34. The molecule has 0 bridgehead atoms. The zero-order valence-electron chi connectivity index (χ0n) is 5.97. The first-order valence-electron chi connectivity index (χ1n) is 3.40. The van der Waals surface area contributed by atoms with Gasteiger partial charge >= 0.3 is 5.97 Å². The summed E-state index contributed by atoms with van der Waals surface area (Å²) in [5.41, 5.74) is 0.469. The molecule has 11 heavy (non-hydrogen) atoms. The van der Waals surface area contributed by atoms with E-state index in [4.69, 9.17) is 5.11 Å². The third-order valence-electron chi connectivity index (χ3n) is 1.59. The van der Waals surface area contributed by atoms with E-state index in [1.165, 1.54) is 0 Å². The Morgan fingerprint density at radius 3 is 2.45 bits per heavy atom. The van der Waals surface area contributed by atoms with Gasteiger partial charge in [0.2, 0.25) is 5.83 Å². The fourth-order valence-electron chi connectivity index (χ4n) is 0.989. The summed E-state index contributed by atoms with van der Waals surface area (Å²) >= 11 is 1.73. The molecule has 4 heteroatoms. The Morgan fingerprint density at radius 1 is 1.45 bits per heavy atom. The van der Waals surface area contributed by atoms with Gasteiger partial charge in [0.15, 0.2) is 0 Å². The van der Waals surface area contributed by atoms with Crippen molar-refractivity contribution in [1.29, 1.82) is 0 Å². The van der Waals surface area contributed by atoms with Crippen molar-refractivity contribution < 1.29 is 14.3 Å². The number of hydrogen-bond donors (Lipinski definition) is 1. The van der Waals surface area contributed by atoms with Gasteiger partial charge in [-0.2, -0.15) is 16.2 Å². The lowest BCUT2D eigenvalue weighted by molar-refractivity contribution is -0.134. The van der Waals surface area contributed by atoms with Crippen molar-refractivity contribution in [2.75, 3.05) is 11.5 Å². The van der Waals surface area contributed by atoms with Crippen LogP contribution in [0.25, 0.3) is 0 Å². The lowest BCUT2D eigenvalue weighted by Gasteiger charge is -2.12. The highest BCUT2D eigenvalue weighted by Gasteiger charge is 2.16. The first-order valence-corrected chi connectivity index (χ1v) is 4.56. The summed E-state index contributed by atoms with van der Waals surface area (Å²) in [6.45, 7) is 0.